The average molecular weight is 306 g/mol. The monoisotopic (exact) mass is 306 g/mol. The normalized spacial score (nSPS) is 16.5. The molecule has 0 bridgehead atoms. The second-order valence-corrected chi connectivity index (χ2v) is 6.06. The van der Waals surface area contributed by atoms with Gasteiger partial charge in [0.25, 0.3) is 0 Å². The van der Waals surface area contributed by atoms with Crippen LogP contribution in [0.4, 0.5) is 0 Å². The summed E-state index contributed by atoms with van der Waals surface area (Å²) in [6.07, 6.45) is 4.09. The summed E-state index contributed by atoms with van der Waals surface area (Å²) >= 11 is 0. The Hall–Kier alpha value is -1.59. The number of rotatable bonds is 7. The van der Waals surface area contributed by atoms with Crippen molar-refractivity contribution in [1.29, 1.82) is 0 Å². The van der Waals surface area contributed by atoms with Crippen molar-refractivity contribution in [1.82, 2.24) is 10.2 Å². The van der Waals surface area contributed by atoms with Gasteiger partial charge in [-0.25, -0.2) is 0 Å². The lowest BCUT2D eigenvalue weighted by Gasteiger charge is -2.29. The van der Waals surface area contributed by atoms with Crippen LogP contribution in [0.25, 0.3) is 0 Å². The van der Waals surface area contributed by atoms with Crippen LogP contribution in [-0.2, 0) is 11.3 Å². The maximum atomic E-state index is 12.3. The van der Waals surface area contributed by atoms with Crippen LogP contribution in [0, 0.1) is 0 Å². The number of carbonyl (C=O) groups is 1. The molecule has 1 amide bonds. The van der Waals surface area contributed by atoms with Gasteiger partial charge < -0.3 is 20.1 Å². The molecule has 1 saturated carbocycles. The van der Waals surface area contributed by atoms with Crippen LogP contribution in [0.2, 0.25) is 0 Å². The van der Waals surface area contributed by atoms with E-state index in [1.54, 1.807) is 19.1 Å². The Morgan fingerprint density at radius 2 is 2.05 bits per heavy atom. The van der Waals surface area contributed by atoms with Crippen LogP contribution in [0.1, 0.15) is 31.2 Å². The Labute approximate surface area is 132 Å². The number of aliphatic hydroxyl groups is 1. The maximum Gasteiger partial charge on any atom is 0.236 e. The van der Waals surface area contributed by atoms with E-state index in [0.29, 0.717) is 6.54 Å². The third kappa shape index (κ3) is 3.99. The Morgan fingerprint density at radius 3 is 2.68 bits per heavy atom. The van der Waals surface area contributed by atoms with Gasteiger partial charge in [0, 0.05) is 24.7 Å². The van der Waals surface area contributed by atoms with E-state index in [-0.39, 0.29) is 24.6 Å². The molecule has 1 aromatic carbocycles. The highest BCUT2D eigenvalue weighted by Crippen LogP contribution is 2.28. The van der Waals surface area contributed by atoms with Crippen LogP contribution in [0.15, 0.2) is 24.3 Å². The fourth-order valence-electron chi connectivity index (χ4n) is 3.02. The number of amides is 1. The topological polar surface area (TPSA) is 61.8 Å². The van der Waals surface area contributed by atoms with E-state index < -0.39 is 0 Å². The van der Waals surface area contributed by atoms with Crippen molar-refractivity contribution < 1.29 is 14.6 Å². The van der Waals surface area contributed by atoms with Crippen molar-refractivity contribution in [2.24, 2.45) is 0 Å². The Balaban J connectivity index is 1.89. The largest absolute Gasteiger partial charge is 0.496 e. The van der Waals surface area contributed by atoms with Gasteiger partial charge in [0.1, 0.15) is 5.75 Å². The standard InChI is InChI=1S/C17H26N2O3/c1-19(12-14-7-3-4-8-15(14)22-2)16(21)11-18-17(13-20)9-5-6-10-17/h3-4,7-8,18,20H,5-6,9-13H2,1-2H3. The number of aliphatic hydroxyl groups excluding tert-OH is 1. The number of methoxy groups -OCH3 is 1. The number of hydrogen-bond acceptors (Lipinski definition) is 4. The molecule has 1 aliphatic carbocycles. The van der Waals surface area contributed by atoms with Crippen LogP contribution in [0.3, 0.4) is 0 Å². The molecule has 0 atom stereocenters. The van der Waals surface area contributed by atoms with Gasteiger partial charge in [-0.3, -0.25) is 4.79 Å². The molecule has 22 heavy (non-hydrogen) atoms. The predicted molar refractivity (Wildman–Crippen MR) is 85.8 cm³/mol. The second kappa shape index (κ2) is 7.61. The summed E-state index contributed by atoms with van der Waals surface area (Å²) in [5, 5.41) is 12.8. The third-order valence-electron chi connectivity index (χ3n) is 4.50. The Bertz CT molecular complexity index is 498. The van der Waals surface area contributed by atoms with Crippen molar-refractivity contribution in [2.75, 3.05) is 27.3 Å². The molecular formula is C17H26N2O3. The molecule has 5 heteroatoms. The first-order chi connectivity index (χ1) is 10.6. The lowest BCUT2D eigenvalue weighted by Crippen LogP contribution is -2.50. The Morgan fingerprint density at radius 1 is 1.36 bits per heavy atom. The van der Waals surface area contributed by atoms with Crippen LogP contribution in [0.5, 0.6) is 5.75 Å². The summed E-state index contributed by atoms with van der Waals surface area (Å²) in [5.41, 5.74) is 0.722. The summed E-state index contributed by atoms with van der Waals surface area (Å²) in [6.45, 7) is 0.860. The number of likely N-dealkylation sites (N-methyl/N-ethyl adjacent to an activating group) is 1. The van der Waals surface area contributed by atoms with E-state index in [0.717, 1.165) is 37.0 Å². The van der Waals surface area contributed by atoms with Gasteiger partial charge in [0.05, 0.1) is 20.3 Å². The van der Waals surface area contributed by atoms with Gasteiger partial charge >= 0.3 is 0 Å². The zero-order valence-corrected chi connectivity index (χ0v) is 13.5. The first kappa shape index (κ1) is 16.8. The van der Waals surface area contributed by atoms with E-state index in [1.807, 2.05) is 24.3 Å². The summed E-state index contributed by atoms with van der Waals surface area (Å²) in [4.78, 5) is 14.0. The van der Waals surface area contributed by atoms with Gasteiger partial charge in [0.15, 0.2) is 0 Å². The fourth-order valence-corrected chi connectivity index (χ4v) is 3.02. The summed E-state index contributed by atoms with van der Waals surface area (Å²) in [5.74, 6) is 0.809. The SMILES string of the molecule is COc1ccccc1CN(C)C(=O)CNC1(CO)CCCC1. The molecule has 5 nitrogen and oxygen atoms in total. The second-order valence-electron chi connectivity index (χ2n) is 6.06. The van der Waals surface area contributed by atoms with Crippen molar-refractivity contribution >= 4 is 5.91 Å². The van der Waals surface area contributed by atoms with Gasteiger partial charge in [-0.1, -0.05) is 31.0 Å². The number of hydrogen-bond donors (Lipinski definition) is 2. The summed E-state index contributed by atoms with van der Waals surface area (Å²) in [6, 6.07) is 7.71. The number of para-hydroxylation sites is 1. The van der Waals surface area contributed by atoms with Crippen molar-refractivity contribution in [3.8, 4) is 5.75 Å². The predicted octanol–water partition coefficient (Wildman–Crippen LogP) is 1.55. The van der Waals surface area contributed by atoms with Crippen molar-refractivity contribution in [2.45, 2.75) is 37.8 Å². The first-order valence-electron chi connectivity index (χ1n) is 7.82. The van der Waals surface area contributed by atoms with E-state index in [9.17, 15) is 9.90 Å². The average Bonchev–Trinajstić information content (AvgIpc) is 3.02. The molecule has 2 N–H and O–H groups in total. The molecule has 0 saturated heterocycles. The minimum Gasteiger partial charge on any atom is -0.496 e. The molecule has 1 fully saturated rings. The molecule has 0 radical (unpaired) electrons. The number of nitrogens with one attached hydrogen (secondary N) is 1. The van der Waals surface area contributed by atoms with Crippen LogP contribution < -0.4 is 10.1 Å². The number of benzene rings is 1. The zero-order valence-electron chi connectivity index (χ0n) is 13.5. The van der Waals surface area contributed by atoms with Crippen LogP contribution >= 0.6 is 0 Å². The molecule has 0 spiro atoms. The molecule has 0 heterocycles. The van der Waals surface area contributed by atoms with Crippen LogP contribution in [-0.4, -0.2) is 48.8 Å². The number of nitrogens with zero attached hydrogens (tertiary/aromatic N) is 1. The van der Waals surface area contributed by atoms with Gasteiger partial charge in [-0.05, 0) is 18.9 Å². The zero-order chi connectivity index (χ0) is 16.0. The van der Waals surface area contributed by atoms with E-state index >= 15 is 0 Å². The lowest BCUT2D eigenvalue weighted by molar-refractivity contribution is -0.130. The minimum atomic E-state index is -0.263. The van der Waals surface area contributed by atoms with Gasteiger partial charge in [0.2, 0.25) is 5.91 Å². The third-order valence-corrected chi connectivity index (χ3v) is 4.50. The van der Waals surface area contributed by atoms with E-state index in [2.05, 4.69) is 5.32 Å². The van der Waals surface area contributed by atoms with Crippen molar-refractivity contribution in [3.63, 3.8) is 0 Å². The molecule has 1 aliphatic rings. The highest BCUT2D eigenvalue weighted by atomic mass is 16.5. The smallest absolute Gasteiger partial charge is 0.236 e. The Kier molecular flexibility index (Phi) is 5.80. The molecule has 0 unspecified atom stereocenters. The number of carbonyl (C=O) groups excluding carboxylic acids is 1. The fraction of sp³-hybridized carbons (Fsp3) is 0.588. The number of ether oxygens (including phenoxy) is 1. The van der Waals surface area contributed by atoms with Gasteiger partial charge in [-0.15, -0.1) is 0 Å². The highest BCUT2D eigenvalue weighted by molar-refractivity contribution is 5.78. The molecule has 0 aromatic heterocycles. The molecule has 0 aliphatic heterocycles. The molecule has 1 aromatic rings. The molecule has 122 valence electrons. The maximum absolute atomic E-state index is 12.3. The summed E-state index contributed by atoms with van der Waals surface area (Å²) < 4.78 is 5.31. The lowest BCUT2D eigenvalue weighted by atomic mass is 9.99. The van der Waals surface area contributed by atoms with Crippen molar-refractivity contribution in [3.05, 3.63) is 29.8 Å². The quantitative estimate of drug-likeness (QED) is 0.802. The summed E-state index contributed by atoms with van der Waals surface area (Å²) in [7, 11) is 3.42. The van der Waals surface area contributed by atoms with Gasteiger partial charge in [-0.2, -0.15) is 0 Å². The van der Waals surface area contributed by atoms with E-state index in [4.69, 9.17) is 4.74 Å². The minimum absolute atomic E-state index is 0.0191. The molecular weight excluding hydrogens is 280 g/mol. The van der Waals surface area contributed by atoms with E-state index in [1.165, 1.54) is 0 Å². The molecule has 2 rings (SSSR count). The first-order valence-corrected chi connectivity index (χ1v) is 7.82. The highest BCUT2D eigenvalue weighted by Gasteiger charge is 2.33.